The smallest absolute Gasteiger partial charge is 0.335 e. The Morgan fingerprint density at radius 2 is 2.00 bits per heavy atom. The van der Waals surface area contributed by atoms with Crippen LogP contribution in [-0.4, -0.2) is 25.8 Å². The van der Waals surface area contributed by atoms with Gasteiger partial charge in [0.25, 0.3) is 0 Å². The molecule has 2 aromatic carbocycles. The van der Waals surface area contributed by atoms with E-state index in [1.165, 1.54) is 0 Å². The molecule has 0 fully saturated rings. The number of H-pyrrole nitrogens is 1. The fourth-order valence-corrected chi connectivity index (χ4v) is 2.59. The van der Waals surface area contributed by atoms with Crippen molar-refractivity contribution >= 4 is 27.8 Å². The first-order valence-electron chi connectivity index (χ1n) is 6.52. The fraction of sp³-hybridized carbons (Fsp3) is 0. The maximum absolute atomic E-state index is 11.0. The van der Waals surface area contributed by atoms with Gasteiger partial charge in [0.2, 0.25) is 0 Å². The molecule has 5 nitrogen and oxygen atoms in total. The minimum absolute atomic E-state index is 0.284. The number of benzene rings is 2. The Hall–Kier alpha value is -3.08. The van der Waals surface area contributed by atoms with Crippen LogP contribution in [0, 0.1) is 0 Å². The van der Waals surface area contributed by atoms with E-state index in [9.17, 15) is 4.79 Å². The van der Waals surface area contributed by atoms with E-state index in [1.807, 2.05) is 47.2 Å². The summed E-state index contributed by atoms with van der Waals surface area (Å²) >= 11 is 0. The highest BCUT2D eigenvalue weighted by molar-refractivity contribution is 5.95. The molecule has 0 saturated carbocycles. The van der Waals surface area contributed by atoms with Crippen LogP contribution in [0.15, 0.2) is 54.7 Å². The number of aromatic carboxylic acids is 1. The molecule has 5 heteroatoms. The van der Waals surface area contributed by atoms with Gasteiger partial charge >= 0.3 is 5.97 Å². The van der Waals surface area contributed by atoms with Crippen LogP contribution in [0.2, 0.25) is 0 Å². The summed E-state index contributed by atoms with van der Waals surface area (Å²) in [6, 6.07) is 14.9. The van der Waals surface area contributed by atoms with E-state index in [1.54, 1.807) is 12.1 Å². The third-order valence-corrected chi connectivity index (χ3v) is 3.62. The second-order valence-corrected chi connectivity index (χ2v) is 4.86. The molecule has 2 heterocycles. The molecule has 0 atom stereocenters. The van der Waals surface area contributed by atoms with Gasteiger partial charge < -0.3 is 5.11 Å². The predicted molar refractivity (Wildman–Crippen MR) is 79.9 cm³/mol. The number of rotatable bonds is 2. The molecule has 0 amide bonds. The lowest BCUT2D eigenvalue weighted by molar-refractivity contribution is 0.0697. The predicted octanol–water partition coefficient (Wildman–Crippen LogP) is 3.21. The van der Waals surface area contributed by atoms with Crippen LogP contribution in [0.5, 0.6) is 0 Å². The number of aromatic amines is 1. The first-order chi connectivity index (χ1) is 10.2. The van der Waals surface area contributed by atoms with E-state index < -0.39 is 5.97 Å². The summed E-state index contributed by atoms with van der Waals surface area (Å²) in [6.45, 7) is 0. The molecule has 102 valence electrons. The Morgan fingerprint density at radius 1 is 1.14 bits per heavy atom. The molecule has 0 radical (unpaired) electrons. The summed E-state index contributed by atoms with van der Waals surface area (Å²) in [5, 5.41) is 18.3. The van der Waals surface area contributed by atoms with E-state index >= 15 is 0 Å². The number of carbonyl (C=O) groups is 1. The molecular formula is C16H11N3O2. The van der Waals surface area contributed by atoms with Crippen LogP contribution in [0.1, 0.15) is 10.4 Å². The van der Waals surface area contributed by atoms with Crippen molar-refractivity contribution in [3.63, 3.8) is 0 Å². The van der Waals surface area contributed by atoms with Gasteiger partial charge in [0.15, 0.2) is 5.82 Å². The molecular weight excluding hydrogens is 266 g/mol. The molecule has 0 aliphatic heterocycles. The summed E-state index contributed by atoms with van der Waals surface area (Å²) in [5.41, 5.74) is 2.18. The van der Waals surface area contributed by atoms with Gasteiger partial charge in [-0.05, 0) is 36.4 Å². The number of hydrogen-bond donors (Lipinski definition) is 2. The lowest BCUT2D eigenvalue weighted by Crippen LogP contribution is -1.96. The third kappa shape index (κ3) is 1.71. The summed E-state index contributed by atoms with van der Waals surface area (Å²) in [4.78, 5) is 11.0. The van der Waals surface area contributed by atoms with Crippen molar-refractivity contribution in [2.75, 3.05) is 0 Å². The number of carboxylic acid groups (broad SMARTS) is 1. The molecule has 0 aliphatic rings. The zero-order chi connectivity index (χ0) is 14.4. The van der Waals surface area contributed by atoms with Gasteiger partial charge in [0.05, 0.1) is 16.6 Å². The average Bonchev–Trinajstić information content (AvgIpc) is 3.09. The molecule has 4 aromatic rings. The van der Waals surface area contributed by atoms with Crippen molar-refractivity contribution in [3.8, 4) is 5.82 Å². The second kappa shape index (κ2) is 4.21. The second-order valence-electron chi connectivity index (χ2n) is 4.86. The fourth-order valence-electron chi connectivity index (χ4n) is 2.59. The van der Waals surface area contributed by atoms with Crippen molar-refractivity contribution in [1.82, 2.24) is 14.8 Å². The average molecular weight is 277 g/mol. The van der Waals surface area contributed by atoms with Gasteiger partial charge in [0.1, 0.15) is 0 Å². The van der Waals surface area contributed by atoms with Gasteiger partial charge in [-0.25, -0.2) is 4.79 Å². The molecule has 0 bridgehead atoms. The van der Waals surface area contributed by atoms with E-state index in [4.69, 9.17) is 5.11 Å². The Morgan fingerprint density at radius 3 is 2.86 bits per heavy atom. The molecule has 4 rings (SSSR count). The molecule has 2 N–H and O–H groups in total. The quantitative estimate of drug-likeness (QED) is 0.591. The van der Waals surface area contributed by atoms with Crippen molar-refractivity contribution < 1.29 is 9.90 Å². The van der Waals surface area contributed by atoms with Crippen LogP contribution >= 0.6 is 0 Å². The zero-order valence-electron chi connectivity index (χ0n) is 10.9. The third-order valence-electron chi connectivity index (χ3n) is 3.62. The van der Waals surface area contributed by atoms with Crippen molar-refractivity contribution in [1.29, 1.82) is 0 Å². The maximum atomic E-state index is 11.0. The van der Waals surface area contributed by atoms with Gasteiger partial charge in [-0.3, -0.25) is 9.67 Å². The Labute approximate surface area is 119 Å². The van der Waals surface area contributed by atoms with Gasteiger partial charge in [-0.1, -0.05) is 12.1 Å². The number of aromatic nitrogens is 3. The van der Waals surface area contributed by atoms with Crippen LogP contribution < -0.4 is 0 Å². The number of nitrogens with zero attached hydrogens (tertiary/aromatic N) is 2. The first kappa shape index (κ1) is 11.7. The summed E-state index contributed by atoms with van der Waals surface area (Å²) in [6.07, 6.45) is 1.90. The SMILES string of the molecule is O=C(O)c1ccc2c(ccn2-c2n[nH]c3ccccc23)c1. The molecule has 0 spiro atoms. The Bertz CT molecular complexity index is 981. The topological polar surface area (TPSA) is 70.9 Å². The highest BCUT2D eigenvalue weighted by Crippen LogP contribution is 2.25. The number of fused-ring (bicyclic) bond motifs is 2. The maximum Gasteiger partial charge on any atom is 0.335 e. The van der Waals surface area contributed by atoms with E-state index in [-0.39, 0.29) is 5.56 Å². The van der Waals surface area contributed by atoms with Crippen molar-refractivity contribution in [3.05, 3.63) is 60.3 Å². The van der Waals surface area contributed by atoms with Gasteiger partial charge in [-0.15, -0.1) is 0 Å². The molecule has 21 heavy (non-hydrogen) atoms. The molecule has 0 aliphatic carbocycles. The lowest BCUT2D eigenvalue weighted by Gasteiger charge is -2.02. The Balaban J connectivity index is 1.97. The van der Waals surface area contributed by atoms with E-state index in [2.05, 4.69) is 10.2 Å². The summed E-state index contributed by atoms with van der Waals surface area (Å²) in [7, 11) is 0. The van der Waals surface area contributed by atoms with Gasteiger partial charge in [-0.2, -0.15) is 5.10 Å². The number of nitrogens with one attached hydrogen (secondary N) is 1. The highest BCUT2D eigenvalue weighted by Gasteiger charge is 2.11. The molecule has 2 aromatic heterocycles. The normalized spacial score (nSPS) is 11.2. The number of para-hydroxylation sites is 1. The molecule has 0 saturated heterocycles. The van der Waals surface area contributed by atoms with Crippen molar-refractivity contribution in [2.45, 2.75) is 0 Å². The lowest BCUT2D eigenvalue weighted by atomic mass is 10.1. The largest absolute Gasteiger partial charge is 0.478 e. The highest BCUT2D eigenvalue weighted by atomic mass is 16.4. The van der Waals surface area contributed by atoms with E-state index in [0.29, 0.717) is 0 Å². The number of carboxylic acids is 1. The Kier molecular flexibility index (Phi) is 2.35. The monoisotopic (exact) mass is 277 g/mol. The van der Waals surface area contributed by atoms with Gasteiger partial charge in [0, 0.05) is 17.0 Å². The van der Waals surface area contributed by atoms with Crippen LogP contribution in [0.25, 0.3) is 27.6 Å². The minimum atomic E-state index is -0.921. The standard InChI is InChI=1S/C16H11N3O2/c20-16(21)11-5-6-14-10(9-11)7-8-19(14)15-12-3-1-2-4-13(12)17-18-15/h1-9H,(H,17,18)(H,20,21). The first-order valence-corrected chi connectivity index (χ1v) is 6.52. The van der Waals surface area contributed by atoms with Crippen LogP contribution in [0.3, 0.4) is 0 Å². The number of hydrogen-bond acceptors (Lipinski definition) is 2. The summed E-state index contributed by atoms with van der Waals surface area (Å²) < 4.78 is 1.96. The van der Waals surface area contributed by atoms with Crippen LogP contribution in [-0.2, 0) is 0 Å². The van der Waals surface area contributed by atoms with E-state index in [0.717, 1.165) is 27.6 Å². The molecule has 0 unspecified atom stereocenters. The summed E-state index contributed by atoms with van der Waals surface area (Å²) in [5.74, 6) is -0.112. The zero-order valence-corrected chi connectivity index (χ0v) is 10.9. The van der Waals surface area contributed by atoms with Crippen molar-refractivity contribution in [2.24, 2.45) is 0 Å². The minimum Gasteiger partial charge on any atom is -0.478 e. The van der Waals surface area contributed by atoms with Crippen LogP contribution in [0.4, 0.5) is 0 Å².